The first-order valence-corrected chi connectivity index (χ1v) is 8.49. The highest BCUT2D eigenvalue weighted by Crippen LogP contribution is 2.24. The highest BCUT2D eigenvalue weighted by molar-refractivity contribution is 5.65. The fourth-order valence-corrected chi connectivity index (χ4v) is 2.70. The van der Waals surface area contributed by atoms with E-state index >= 15 is 0 Å². The molecule has 4 rings (SSSR count). The van der Waals surface area contributed by atoms with Gasteiger partial charge in [-0.3, -0.25) is 0 Å². The summed E-state index contributed by atoms with van der Waals surface area (Å²) >= 11 is 0. The molecule has 0 amide bonds. The molecule has 3 aromatic carbocycles. The Balaban J connectivity index is 1.82. The summed E-state index contributed by atoms with van der Waals surface area (Å²) in [6.07, 6.45) is 0. The molecule has 0 radical (unpaired) electrons. The SMILES string of the molecule is Cc1ccccc1Nc1nc(-c2ccccc2)nc(-c2ccccc2)n1. The highest BCUT2D eigenvalue weighted by atomic mass is 15.2. The van der Waals surface area contributed by atoms with Crippen LogP contribution in [-0.4, -0.2) is 15.0 Å². The summed E-state index contributed by atoms with van der Waals surface area (Å²) in [5.41, 5.74) is 4.03. The molecule has 4 heteroatoms. The maximum Gasteiger partial charge on any atom is 0.231 e. The van der Waals surface area contributed by atoms with E-state index in [1.54, 1.807) is 0 Å². The van der Waals surface area contributed by atoms with Gasteiger partial charge >= 0.3 is 0 Å². The number of aryl methyl sites for hydroxylation is 1. The van der Waals surface area contributed by atoms with Gasteiger partial charge in [0.05, 0.1) is 0 Å². The minimum atomic E-state index is 0.534. The van der Waals surface area contributed by atoms with E-state index in [4.69, 9.17) is 0 Å². The third-order valence-electron chi connectivity index (χ3n) is 4.09. The van der Waals surface area contributed by atoms with Crippen molar-refractivity contribution in [3.8, 4) is 22.8 Å². The molecule has 0 unspecified atom stereocenters. The summed E-state index contributed by atoms with van der Waals surface area (Å²) in [7, 11) is 0. The zero-order chi connectivity index (χ0) is 17.8. The van der Waals surface area contributed by atoms with Gasteiger partial charge in [0.15, 0.2) is 11.6 Å². The maximum absolute atomic E-state index is 4.68. The second kappa shape index (κ2) is 7.15. The van der Waals surface area contributed by atoms with Gasteiger partial charge in [-0.25, -0.2) is 4.98 Å². The van der Waals surface area contributed by atoms with E-state index in [1.807, 2.05) is 78.9 Å². The first-order chi connectivity index (χ1) is 12.8. The molecular formula is C22H18N4. The Morgan fingerprint density at radius 1 is 0.577 bits per heavy atom. The van der Waals surface area contributed by atoms with E-state index in [2.05, 4.69) is 33.3 Å². The van der Waals surface area contributed by atoms with Gasteiger partial charge < -0.3 is 5.32 Å². The fraction of sp³-hybridized carbons (Fsp3) is 0.0455. The van der Waals surface area contributed by atoms with Crippen LogP contribution in [0, 0.1) is 6.92 Å². The van der Waals surface area contributed by atoms with Gasteiger partial charge in [-0.2, -0.15) is 9.97 Å². The van der Waals surface area contributed by atoms with Crippen molar-refractivity contribution in [2.24, 2.45) is 0 Å². The Labute approximate surface area is 152 Å². The predicted octanol–water partition coefficient (Wildman–Crippen LogP) is 5.26. The van der Waals surface area contributed by atoms with Crippen molar-refractivity contribution >= 4 is 11.6 Å². The molecule has 1 N–H and O–H groups in total. The van der Waals surface area contributed by atoms with Crippen LogP contribution in [-0.2, 0) is 0 Å². The lowest BCUT2D eigenvalue weighted by Crippen LogP contribution is -2.04. The standard InChI is InChI=1S/C22H18N4/c1-16-10-8-9-15-19(16)23-22-25-20(17-11-4-2-5-12-17)24-21(26-22)18-13-6-3-7-14-18/h2-15H,1H3,(H,23,24,25,26). The van der Waals surface area contributed by atoms with Crippen molar-refractivity contribution in [3.63, 3.8) is 0 Å². The average molecular weight is 338 g/mol. The van der Waals surface area contributed by atoms with Crippen LogP contribution in [0.2, 0.25) is 0 Å². The molecule has 4 aromatic rings. The van der Waals surface area contributed by atoms with Gasteiger partial charge in [-0.15, -0.1) is 0 Å². The molecule has 0 aliphatic carbocycles. The molecular weight excluding hydrogens is 320 g/mol. The predicted molar refractivity (Wildman–Crippen MR) is 105 cm³/mol. The second-order valence-electron chi connectivity index (χ2n) is 5.98. The van der Waals surface area contributed by atoms with Crippen LogP contribution >= 0.6 is 0 Å². The van der Waals surface area contributed by atoms with Crippen molar-refractivity contribution in [2.45, 2.75) is 6.92 Å². The fourth-order valence-electron chi connectivity index (χ4n) is 2.70. The monoisotopic (exact) mass is 338 g/mol. The summed E-state index contributed by atoms with van der Waals surface area (Å²) in [6, 6.07) is 28.0. The van der Waals surface area contributed by atoms with Gasteiger partial charge in [0.1, 0.15) is 0 Å². The molecule has 4 nitrogen and oxygen atoms in total. The molecule has 26 heavy (non-hydrogen) atoms. The number of benzene rings is 3. The first kappa shape index (κ1) is 16.0. The number of aromatic nitrogens is 3. The molecule has 1 heterocycles. The summed E-state index contributed by atoms with van der Waals surface area (Å²) in [5.74, 6) is 1.83. The lowest BCUT2D eigenvalue weighted by atomic mass is 10.2. The quantitative estimate of drug-likeness (QED) is 0.551. The maximum atomic E-state index is 4.68. The molecule has 0 atom stereocenters. The molecule has 0 saturated heterocycles. The van der Waals surface area contributed by atoms with Crippen LogP contribution in [0.1, 0.15) is 5.56 Å². The van der Waals surface area contributed by atoms with Crippen molar-refractivity contribution in [2.75, 3.05) is 5.32 Å². The highest BCUT2D eigenvalue weighted by Gasteiger charge is 2.11. The van der Waals surface area contributed by atoms with E-state index in [1.165, 1.54) is 0 Å². The minimum Gasteiger partial charge on any atom is -0.324 e. The van der Waals surface area contributed by atoms with Gasteiger partial charge in [0.25, 0.3) is 0 Å². The van der Waals surface area contributed by atoms with Crippen molar-refractivity contribution in [3.05, 3.63) is 90.5 Å². The van der Waals surface area contributed by atoms with E-state index in [0.29, 0.717) is 17.6 Å². The Kier molecular flexibility index (Phi) is 4.39. The number of hydrogen-bond donors (Lipinski definition) is 1. The zero-order valence-electron chi connectivity index (χ0n) is 14.4. The Bertz CT molecular complexity index is 957. The average Bonchev–Trinajstić information content (AvgIpc) is 2.71. The third-order valence-corrected chi connectivity index (χ3v) is 4.09. The summed E-state index contributed by atoms with van der Waals surface area (Å²) in [4.78, 5) is 13.9. The Morgan fingerprint density at radius 3 is 1.62 bits per heavy atom. The van der Waals surface area contributed by atoms with Crippen molar-refractivity contribution < 1.29 is 0 Å². The summed E-state index contributed by atoms with van der Waals surface area (Å²) in [5, 5.41) is 3.33. The van der Waals surface area contributed by atoms with Crippen LogP contribution < -0.4 is 5.32 Å². The molecule has 0 fully saturated rings. The number of hydrogen-bond acceptors (Lipinski definition) is 4. The first-order valence-electron chi connectivity index (χ1n) is 8.49. The summed E-state index contributed by atoms with van der Waals surface area (Å²) < 4.78 is 0. The number of para-hydroxylation sites is 1. The van der Waals surface area contributed by atoms with E-state index in [9.17, 15) is 0 Å². The lowest BCUT2D eigenvalue weighted by molar-refractivity contribution is 1.07. The van der Waals surface area contributed by atoms with Crippen LogP contribution in [0.4, 0.5) is 11.6 Å². The topological polar surface area (TPSA) is 50.7 Å². The minimum absolute atomic E-state index is 0.534. The van der Waals surface area contributed by atoms with Crippen LogP contribution in [0.15, 0.2) is 84.9 Å². The van der Waals surface area contributed by atoms with Crippen molar-refractivity contribution in [1.82, 2.24) is 15.0 Å². The van der Waals surface area contributed by atoms with Crippen LogP contribution in [0.25, 0.3) is 22.8 Å². The van der Waals surface area contributed by atoms with E-state index in [0.717, 1.165) is 22.4 Å². The largest absolute Gasteiger partial charge is 0.324 e. The number of anilines is 2. The zero-order valence-corrected chi connectivity index (χ0v) is 14.4. The summed E-state index contributed by atoms with van der Waals surface area (Å²) in [6.45, 7) is 2.06. The number of nitrogens with one attached hydrogen (secondary N) is 1. The van der Waals surface area contributed by atoms with Gasteiger partial charge in [-0.1, -0.05) is 78.9 Å². The van der Waals surface area contributed by atoms with Gasteiger partial charge in [0.2, 0.25) is 5.95 Å². The molecule has 126 valence electrons. The molecule has 0 saturated carbocycles. The smallest absolute Gasteiger partial charge is 0.231 e. The normalized spacial score (nSPS) is 10.5. The molecule has 0 spiro atoms. The molecule has 1 aromatic heterocycles. The molecule has 0 bridgehead atoms. The molecule has 0 aliphatic heterocycles. The third kappa shape index (κ3) is 3.44. The second-order valence-corrected chi connectivity index (χ2v) is 5.98. The van der Waals surface area contributed by atoms with Crippen LogP contribution in [0.3, 0.4) is 0 Å². The van der Waals surface area contributed by atoms with Gasteiger partial charge in [-0.05, 0) is 18.6 Å². The molecule has 0 aliphatic rings. The van der Waals surface area contributed by atoms with E-state index < -0.39 is 0 Å². The Hall–Kier alpha value is -3.53. The van der Waals surface area contributed by atoms with E-state index in [-0.39, 0.29) is 0 Å². The van der Waals surface area contributed by atoms with Crippen LogP contribution in [0.5, 0.6) is 0 Å². The van der Waals surface area contributed by atoms with Gasteiger partial charge in [0, 0.05) is 16.8 Å². The number of nitrogens with zero attached hydrogens (tertiary/aromatic N) is 3. The lowest BCUT2D eigenvalue weighted by Gasteiger charge is -2.11. The number of rotatable bonds is 4. The van der Waals surface area contributed by atoms with Crippen molar-refractivity contribution in [1.29, 1.82) is 0 Å². The Morgan fingerprint density at radius 2 is 1.08 bits per heavy atom.